The van der Waals surface area contributed by atoms with Crippen LogP contribution in [0.5, 0.6) is 5.75 Å². The highest BCUT2D eigenvalue weighted by Gasteiger charge is 2.17. The molecule has 0 aliphatic heterocycles. The number of anilines is 2. The molecule has 0 fully saturated rings. The molecule has 1 amide bonds. The number of nitrogens with one attached hydrogen (secondary N) is 2. The molecule has 0 saturated heterocycles. The highest BCUT2D eigenvalue weighted by Crippen LogP contribution is 2.20. The van der Waals surface area contributed by atoms with Crippen LogP contribution in [0.3, 0.4) is 0 Å². The molecule has 3 rings (SSSR count). The number of ether oxygens (including phenoxy) is 1. The third-order valence-corrected chi connectivity index (χ3v) is 5.46. The van der Waals surface area contributed by atoms with Gasteiger partial charge in [-0.2, -0.15) is 0 Å². The van der Waals surface area contributed by atoms with Crippen molar-refractivity contribution in [2.75, 3.05) is 10.0 Å². The number of rotatable bonds is 7. The lowest BCUT2D eigenvalue weighted by Crippen LogP contribution is -2.14. The van der Waals surface area contributed by atoms with Gasteiger partial charge in [0.1, 0.15) is 5.75 Å². The highest BCUT2D eigenvalue weighted by molar-refractivity contribution is 7.92. The fraction of sp³-hybridized carbons (Fsp3) is 0.136. The molecular formula is C22H20F2N2O4S. The van der Waals surface area contributed by atoms with Gasteiger partial charge in [0.25, 0.3) is 15.9 Å². The Labute approximate surface area is 178 Å². The summed E-state index contributed by atoms with van der Waals surface area (Å²) in [5, 5.41) is 2.73. The molecule has 3 aromatic rings. The van der Waals surface area contributed by atoms with Gasteiger partial charge < -0.3 is 10.1 Å². The third-order valence-electron chi connectivity index (χ3n) is 4.08. The molecule has 9 heteroatoms. The zero-order chi connectivity index (χ0) is 22.6. The van der Waals surface area contributed by atoms with Crippen LogP contribution in [-0.2, 0) is 10.0 Å². The van der Waals surface area contributed by atoms with Gasteiger partial charge in [-0.25, -0.2) is 17.2 Å². The Morgan fingerprint density at radius 2 is 1.48 bits per heavy atom. The zero-order valence-electron chi connectivity index (χ0n) is 16.7. The molecule has 0 unspecified atom stereocenters. The van der Waals surface area contributed by atoms with E-state index in [0.717, 1.165) is 12.1 Å². The number of amides is 1. The topological polar surface area (TPSA) is 84.5 Å². The van der Waals surface area contributed by atoms with Crippen molar-refractivity contribution < 1.29 is 26.7 Å². The minimum Gasteiger partial charge on any atom is -0.491 e. The van der Waals surface area contributed by atoms with E-state index in [1.54, 1.807) is 24.3 Å². The molecule has 0 radical (unpaired) electrons. The van der Waals surface area contributed by atoms with Crippen LogP contribution in [-0.4, -0.2) is 20.4 Å². The Morgan fingerprint density at radius 3 is 2.06 bits per heavy atom. The molecule has 0 heterocycles. The minimum atomic E-state index is -4.12. The average Bonchev–Trinajstić information content (AvgIpc) is 2.71. The van der Waals surface area contributed by atoms with Crippen LogP contribution < -0.4 is 14.8 Å². The van der Waals surface area contributed by atoms with Crippen molar-refractivity contribution in [3.8, 4) is 5.75 Å². The fourth-order valence-corrected chi connectivity index (χ4v) is 3.71. The van der Waals surface area contributed by atoms with Gasteiger partial charge in [0.2, 0.25) is 0 Å². The standard InChI is InChI=1S/C22H20F2N2O4S/c1-14(2)30-18-9-7-16(8-10-18)25-22(27)15-3-5-17(6-4-15)26-31(28,29)19-11-12-20(23)21(24)13-19/h3-14,26H,1-2H3,(H,25,27). The fourth-order valence-electron chi connectivity index (χ4n) is 2.64. The van der Waals surface area contributed by atoms with E-state index in [9.17, 15) is 22.0 Å². The lowest BCUT2D eigenvalue weighted by Gasteiger charge is -2.11. The maximum absolute atomic E-state index is 13.3. The van der Waals surface area contributed by atoms with Crippen LogP contribution in [0.25, 0.3) is 0 Å². The Balaban J connectivity index is 1.66. The molecular weight excluding hydrogens is 426 g/mol. The Hall–Kier alpha value is -3.46. The van der Waals surface area contributed by atoms with E-state index in [2.05, 4.69) is 10.0 Å². The lowest BCUT2D eigenvalue weighted by molar-refractivity contribution is 0.102. The van der Waals surface area contributed by atoms with Crippen LogP contribution in [0, 0.1) is 11.6 Å². The maximum atomic E-state index is 13.3. The van der Waals surface area contributed by atoms with E-state index in [1.165, 1.54) is 24.3 Å². The average molecular weight is 446 g/mol. The Bertz CT molecular complexity index is 1180. The Morgan fingerprint density at radius 1 is 0.871 bits per heavy atom. The summed E-state index contributed by atoms with van der Waals surface area (Å²) in [7, 11) is -4.12. The second-order valence-corrected chi connectivity index (χ2v) is 8.59. The van der Waals surface area contributed by atoms with Crippen LogP contribution in [0.4, 0.5) is 20.2 Å². The van der Waals surface area contributed by atoms with Crippen LogP contribution in [0.1, 0.15) is 24.2 Å². The van der Waals surface area contributed by atoms with Gasteiger partial charge in [-0.15, -0.1) is 0 Å². The number of sulfonamides is 1. The van der Waals surface area contributed by atoms with E-state index in [1.807, 2.05) is 13.8 Å². The predicted octanol–water partition coefficient (Wildman–Crippen LogP) is 4.81. The van der Waals surface area contributed by atoms with Gasteiger partial charge >= 0.3 is 0 Å². The normalized spacial score (nSPS) is 11.3. The number of hydrogen-bond acceptors (Lipinski definition) is 4. The van der Waals surface area contributed by atoms with Crippen LogP contribution in [0.2, 0.25) is 0 Å². The van der Waals surface area contributed by atoms with Crippen LogP contribution >= 0.6 is 0 Å². The first-order chi connectivity index (χ1) is 14.6. The summed E-state index contributed by atoms with van der Waals surface area (Å²) in [6.07, 6.45) is 0.0402. The number of hydrogen-bond donors (Lipinski definition) is 2. The van der Waals surface area contributed by atoms with Gasteiger partial charge in [0, 0.05) is 16.9 Å². The van der Waals surface area contributed by atoms with Gasteiger partial charge in [0.15, 0.2) is 11.6 Å². The van der Waals surface area contributed by atoms with Crippen molar-refractivity contribution in [1.82, 2.24) is 0 Å². The summed E-state index contributed by atoms with van der Waals surface area (Å²) in [5.41, 5.74) is 1.04. The monoisotopic (exact) mass is 446 g/mol. The van der Waals surface area contributed by atoms with Gasteiger partial charge in [0.05, 0.1) is 11.0 Å². The molecule has 162 valence electrons. The number of carbonyl (C=O) groups excluding carboxylic acids is 1. The molecule has 0 saturated carbocycles. The summed E-state index contributed by atoms with van der Waals surface area (Å²) in [4.78, 5) is 12.0. The summed E-state index contributed by atoms with van der Waals surface area (Å²) >= 11 is 0. The van der Waals surface area contributed by atoms with E-state index in [-0.39, 0.29) is 17.7 Å². The molecule has 0 aliphatic rings. The van der Waals surface area contributed by atoms with Crippen molar-refractivity contribution in [2.24, 2.45) is 0 Å². The van der Waals surface area contributed by atoms with Crippen molar-refractivity contribution >= 4 is 27.3 Å². The van der Waals surface area contributed by atoms with Crippen LogP contribution in [0.15, 0.2) is 71.6 Å². The van der Waals surface area contributed by atoms with Gasteiger partial charge in [-0.3, -0.25) is 9.52 Å². The largest absolute Gasteiger partial charge is 0.491 e. The second kappa shape index (κ2) is 9.13. The summed E-state index contributed by atoms with van der Waals surface area (Å²) < 4.78 is 58.8. The minimum absolute atomic E-state index is 0.0402. The molecule has 0 atom stereocenters. The first-order valence-electron chi connectivity index (χ1n) is 9.30. The van der Waals surface area contributed by atoms with Gasteiger partial charge in [-0.05, 0) is 80.6 Å². The molecule has 2 N–H and O–H groups in total. The predicted molar refractivity (Wildman–Crippen MR) is 114 cm³/mol. The third kappa shape index (κ3) is 5.79. The first kappa shape index (κ1) is 22.2. The lowest BCUT2D eigenvalue weighted by atomic mass is 10.2. The SMILES string of the molecule is CC(C)Oc1ccc(NC(=O)c2ccc(NS(=O)(=O)c3ccc(F)c(F)c3)cc2)cc1. The van der Waals surface area contributed by atoms with E-state index in [0.29, 0.717) is 23.1 Å². The highest BCUT2D eigenvalue weighted by atomic mass is 32.2. The number of halogens is 2. The number of carbonyl (C=O) groups is 1. The van der Waals surface area contributed by atoms with Crippen molar-refractivity contribution in [3.63, 3.8) is 0 Å². The zero-order valence-corrected chi connectivity index (χ0v) is 17.5. The van der Waals surface area contributed by atoms with Crippen molar-refractivity contribution in [1.29, 1.82) is 0 Å². The quantitative estimate of drug-likeness (QED) is 0.546. The second-order valence-electron chi connectivity index (χ2n) is 6.90. The van der Waals surface area contributed by atoms with E-state index < -0.39 is 26.6 Å². The molecule has 0 spiro atoms. The molecule has 0 aliphatic carbocycles. The molecule has 31 heavy (non-hydrogen) atoms. The Kier molecular flexibility index (Phi) is 6.55. The molecule has 3 aromatic carbocycles. The summed E-state index contributed by atoms with van der Waals surface area (Å²) in [5.74, 6) is -2.10. The summed E-state index contributed by atoms with van der Waals surface area (Å²) in [6, 6.07) is 14.9. The smallest absolute Gasteiger partial charge is 0.261 e. The van der Waals surface area contributed by atoms with E-state index in [4.69, 9.17) is 4.74 Å². The van der Waals surface area contributed by atoms with E-state index >= 15 is 0 Å². The molecule has 0 aromatic heterocycles. The number of benzene rings is 3. The van der Waals surface area contributed by atoms with Crippen molar-refractivity contribution in [3.05, 3.63) is 83.9 Å². The van der Waals surface area contributed by atoms with Crippen molar-refractivity contribution in [2.45, 2.75) is 24.8 Å². The molecule has 6 nitrogen and oxygen atoms in total. The maximum Gasteiger partial charge on any atom is 0.261 e. The summed E-state index contributed by atoms with van der Waals surface area (Å²) in [6.45, 7) is 3.83. The van der Waals surface area contributed by atoms with Gasteiger partial charge in [-0.1, -0.05) is 0 Å². The molecule has 0 bridgehead atoms. The first-order valence-corrected chi connectivity index (χ1v) is 10.8.